The summed E-state index contributed by atoms with van der Waals surface area (Å²) in [4.78, 5) is 0. The second kappa shape index (κ2) is 6.32. The van der Waals surface area contributed by atoms with Crippen LogP contribution >= 0.6 is 22.9 Å². The van der Waals surface area contributed by atoms with Gasteiger partial charge in [0.1, 0.15) is 5.82 Å². The van der Waals surface area contributed by atoms with Crippen molar-refractivity contribution < 1.29 is 4.39 Å². The van der Waals surface area contributed by atoms with E-state index in [0.29, 0.717) is 0 Å². The van der Waals surface area contributed by atoms with Gasteiger partial charge in [-0.15, -0.1) is 0 Å². The molecule has 4 heteroatoms. The van der Waals surface area contributed by atoms with Gasteiger partial charge in [0.05, 0.1) is 5.02 Å². The van der Waals surface area contributed by atoms with Crippen LogP contribution in [-0.4, -0.2) is 6.54 Å². The van der Waals surface area contributed by atoms with Gasteiger partial charge in [-0.3, -0.25) is 0 Å². The molecule has 1 unspecified atom stereocenters. The molecule has 0 aliphatic carbocycles. The molecule has 1 nitrogen and oxygen atoms in total. The molecule has 1 aromatic carbocycles. The fourth-order valence-corrected chi connectivity index (χ4v) is 2.73. The average molecular weight is 284 g/mol. The van der Waals surface area contributed by atoms with E-state index in [0.717, 1.165) is 18.5 Å². The molecule has 0 saturated carbocycles. The maximum atomic E-state index is 13.5. The standard InChI is InChI=1S/C14H15ClFNS/c1-2-17-14(7-10-5-6-18-9-10)11-3-4-12(15)13(16)8-11/h3-6,8-9,14,17H,2,7H2,1H3. The summed E-state index contributed by atoms with van der Waals surface area (Å²) in [5.74, 6) is -0.359. The smallest absolute Gasteiger partial charge is 0.142 e. The van der Waals surface area contributed by atoms with E-state index in [9.17, 15) is 4.39 Å². The number of benzene rings is 1. The summed E-state index contributed by atoms with van der Waals surface area (Å²) in [6, 6.07) is 7.23. The lowest BCUT2D eigenvalue weighted by atomic mass is 10.0. The quantitative estimate of drug-likeness (QED) is 0.856. The number of hydrogen-bond donors (Lipinski definition) is 1. The summed E-state index contributed by atoms with van der Waals surface area (Å²) in [7, 11) is 0. The highest BCUT2D eigenvalue weighted by Crippen LogP contribution is 2.23. The summed E-state index contributed by atoms with van der Waals surface area (Å²) in [5.41, 5.74) is 2.20. The zero-order valence-electron chi connectivity index (χ0n) is 10.1. The maximum absolute atomic E-state index is 13.5. The lowest BCUT2D eigenvalue weighted by Gasteiger charge is -2.18. The molecule has 1 N–H and O–H groups in total. The molecule has 2 aromatic rings. The Balaban J connectivity index is 2.20. The first-order valence-electron chi connectivity index (χ1n) is 5.90. The van der Waals surface area contributed by atoms with Crippen LogP contribution in [0.25, 0.3) is 0 Å². The van der Waals surface area contributed by atoms with E-state index in [1.165, 1.54) is 11.6 Å². The first-order chi connectivity index (χ1) is 8.70. The topological polar surface area (TPSA) is 12.0 Å². The van der Waals surface area contributed by atoms with Crippen molar-refractivity contribution in [3.05, 3.63) is 57.0 Å². The second-order valence-electron chi connectivity index (χ2n) is 4.12. The third-order valence-electron chi connectivity index (χ3n) is 2.82. The predicted octanol–water partition coefficient (Wildman–Crippen LogP) is 4.43. The zero-order valence-corrected chi connectivity index (χ0v) is 11.7. The zero-order chi connectivity index (χ0) is 13.0. The maximum Gasteiger partial charge on any atom is 0.142 e. The van der Waals surface area contributed by atoms with Gasteiger partial charge in [-0.25, -0.2) is 4.39 Å². The molecule has 2 rings (SSSR count). The Bertz CT molecular complexity index is 499. The van der Waals surface area contributed by atoms with Gasteiger partial charge in [-0.05, 0) is 53.1 Å². The van der Waals surface area contributed by atoms with Crippen molar-refractivity contribution in [3.8, 4) is 0 Å². The molecule has 1 heterocycles. The predicted molar refractivity (Wildman–Crippen MR) is 75.9 cm³/mol. The van der Waals surface area contributed by atoms with Crippen molar-refractivity contribution in [1.29, 1.82) is 0 Å². The Morgan fingerprint density at radius 2 is 2.22 bits per heavy atom. The summed E-state index contributed by atoms with van der Waals surface area (Å²) in [6.07, 6.45) is 0.860. The molecule has 0 amide bonds. The minimum Gasteiger partial charge on any atom is -0.310 e. The van der Waals surface area contributed by atoms with Gasteiger partial charge < -0.3 is 5.32 Å². The molecule has 0 saturated heterocycles. The number of thiophene rings is 1. The van der Waals surface area contributed by atoms with Crippen molar-refractivity contribution in [2.45, 2.75) is 19.4 Å². The Kier molecular flexibility index (Phi) is 4.75. The van der Waals surface area contributed by atoms with Gasteiger partial charge in [0.25, 0.3) is 0 Å². The lowest BCUT2D eigenvalue weighted by Crippen LogP contribution is -2.22. The molecule has 18 heavy (non-hydrogen) atoms. The number of likely N-dealkylation sites (N-methyl/N-ethyl adjacent to an activating group) is 1. The molecule has 0 spiro atoms. The van der Waals surface area contributed by atoms with E-state index < -0.39 is 0 Å². The van der Waals surface area contributed by atoms with Crippen LogP contribution in [0.3, 0.4) is 0 Å². The van der Waals surface area contributed by atoms with Crippen LogP contribution in [0.1, 0.15) is 24.1 Å². The number of hydrogen-bond acceptors (Lipinski definition) is 2. The fraction of sp³-hybridized carbons (Fsp3) is 0.286. The fourth-order valence-electron chi connectivity index (χ4n) is 1.93. The van der Waals surface area contributed by atoms with Gasteiger partial charge in [-0.1, -0.05) is 24.6 Å². The van der Waals surface area contributed by atoms with Crippen LogP contribution in [0.2, 0.25) is 5.02 Å². The number of halogens is 2. The van der Waals surface area contributed by atoms with Crippen LogP contribution in [0.15, 0.2) is 35.0 Å². The van der Waals surface area contributed by atoms with Crippen molar-refractivity contribution in [1.82, 2.24) is 5.32 Å². The van der Waals surface area contributed by atoms with E-state index in [1.807, 2.05) is 13.0 Å². The highest BCUT2D eigenvalue weighted by Gasteiger charge is 2.13. The highest BCUT2D eigenvalue weighted by molar-refractivity contribution is 7.07. The Morgan fingerprint density at radius 1 is 1.39 bits per heavy atom. The SMILES string of the molecule is CCNC(Cc1ccsc1)c1ccc(Cl)c(F)c1. The Morgan fingerprint density at radius 3 is 2.83 bits per heavy atom. The second-order valence-corrected chi connectivity index (χ2v) is 5.31. The minimum absolute atomic E-state index is 0.122. The van der Waals surface area contributed by atoms with Gasteiger partial charge >= 0.3 is 0 Å². The Labute approximate surface area is 116 Å². The van der Waals surface area contributed by atoms with Crippen molar-refractivity contribution in [2.75, 3.05) is 6.54 Å². The van der Waals surface area contributed by atoms with Gasteiger partial charge in [0, 0.05) is 6.04 Å². The monoisotopic (exact) mass is 283 g/mol. The van der Waals surface area contributed by atoms with E-state index in [4.69, 9.17) is 11.6 Å². The molecule has 0 aliphatic heterocycles. The molecular formula is C14H15ClFNS. The third-order valence-corrected chi connectivity index (χ3v) is 3.86. The van der Waals surface area contributed by atoms with Crippen LogP contribution in [0.5, 0.6) is 0 Å². The Hall–Kier alpha value is -0.900. The van der Waals surface area contributed by atoms with Crippen LogP contribution < -0.4 is 5.32 Å². The minimum atomic E-state index is -0.359. The summed E-state index contributed by atoms with van der Waals surface area (Å²) in [6.45, 7) is 2.89. The molecule has 0 aliphatic rings. The molecule has 0 fully saturated rings. The summed E-state index contributed by atoms with van der Waals surface area (Å²) < 4.78 is 13.5. The highest BCUT2D eigenvalue weighted by atomic mass is 35.5. The van der Waals surface area contributed by atoms with Crippen molar-refractivity contribution >= 4 is 22.9 Å². The van der Waals surface area contributed by atoms with Crippen molar-refractivity contribution in [3.63, 3.8) is 0 Å². The number of nitrogens with one attached hydrogen (secondary N) is 1. The van der Waals surface area contributed by atoms with Crippen LogP contribution in [0.4, 0.5) is 4.39 Å². The summed E-state index contributed by atoms with van der Waals surface area (Å²) >= 11 is 7.39. The lowest BCUT2D eigenvalue weighted by molar-refractivity contribution is 0.543. The molecule has 96 valence electrons. The molecule has 0 radical (unpaired) electrons. The largest absolute Gasteiger partial charge is 0.310 e. The van der Waals surface area contributed by atoms with Crippen LogP contribution in [0, 0.1) is 5.82 Å². The van der Waals surface area contributed by atoms with E-state index >= 15 is 0 Å². The summed E-state index contributed by atoms with van der Waals surface area (Å²) in [5, 5.41) is 7.73. The van der Waals surface area contributed by atoms with Crippen molar-refractivity contribution in [2.24, 2.45) is 0 Å². The first kappa shape index (κ1) is 13.5. The van der Waals surface area contributed by atoms with E-state index in [1.54, 1.807) is 17.4 Å². The molecule has 1 atom stereocenters. The number of rotatable bonds is 5. The molecular weight excluding hydrogens is 269 g/mol. The molecule has 0 bridgehead atoms. The van der Waals surface area contributed by atoms with Gasteiger partial charge in [-0.2, -0.15) is 11.3 Å². The van der Waals surface area contributed by atoms with E-state index in [-0.39, 0.29) is 16.9 Å². The normalized spacial score (nSPS) is 12.6. The molecule has 1 aromatic heterocycles. The van der Waals surface area contributed by atoms with Gasteiger partial charge in [0.15, 0.2) is 0 Å². The average Bonchev–Trinajstić information content (AvgIpc) is 2.85. The van der Waals surface area contributed by atoms with Gasteiger partial charge in [0.2, 0.25) is 0 Å². The first-order valence-corrected chi connectivity index (χ1v) is 7.22. The van der Waals surface area contributed by atoms with Crippen LogP contribution in [-0.2, 0) is 6.42 Å². The van der Waals surface area contributed by atoms with E-state index in [2.05, 4.69) is 22.1 Å². The third kappa shape index (κ3) is 3.31.